The van der Waals surface area contributed by atoms with Crippen LogP contribution in [-0.4, -0.2) is 64.2 Å². The lowest BCUT2D eigenvalue weighted by atomic mass is 9.90. The van der Waals surface area contributed by atoms with Gasteiger partial charge in [0.25, 0.3) is 5.91 Å². The molecule has 3 heterocycles. The van der Waals surface area contributed by atoms with Gasteiger partial charge in [-0.25, -0.2) is 4.98 Å². The van der Waals surface area contributed by atoms with Gasteiger partial charge >= 0.3 is 0 Å². The van der Waals surface area contributed by atoms with Crippen LogP contribution in [0.4, 0.5) is 0 Å². The van der Waals surface area contributed by atoms with Gasteiger partial charge in [-0.3, -0.25) is 9.59 Å². The summed E-state index contributed by atoms with van der Waals surface area (Å²) in [5.74, 6) is 2.04. The SMILES string of the molecule is CC(=N)c1c(C)ccc2nc(-c3ccc(C(=O)N4CCN(C(C)=O)CC4)cc3)c3c(c12)CCSC3. The first-order valence-corrected chi connectivity index (χ1v) is 13.2. The molecule has 1 fully saturated rings. The van der Waals surface area contributed by atoms with Crippen LogP contribution in [0.2, 0.25) is 0 Å². The van der Waals surface area contributed by atoms with Gasteiger partial charge < -0.3 is 15.2 Å². The number of hydrogen-bond donors (Lipinski definition) is 1. The number of pyridine rings is 1. The van der Waals surface area contributed by atoms with Crippen molar-refractivity contribution >= 4 is 40.2 Å². The Morgan fingerprint density at radius 2 is 1.63 bits per heavy atom. The molecule has 3 aromatic rings. The first-order chi connectivity index (χ1) is 16.8. The fourth-order valence-corrected chi connectivity index (χ4v) is 6.26. The number of nitrogens with zero attached hydrogens (tertiary/aromatic N) is 3. The van der Waals surface area contributed by atoms with Crippen molar-refractivity contribution in [3.63, 3.8) is 0 Å². The number of aromatic nitrogens is 1. The van der Waals surface area contributed by atoms with Gasteiger partial charge in [0.05, 0.1) is 11.2 Å². The van der Waals surface area contributed by atoms with E-state index in [0.29, 0.717) is 37.5 Å². The molecule has 0 aliphatic carbocycles. The molecule has 2 aliphatic rings. The molecule has 6 nitrogen and oxygen atoms in total. The number of hydrogen-bond acceptors (Lipinski definition) is 5. The molecule has 0 spiro atoms. The third kappa shape index (κ3) is 4.33. The Hall–Kier alpha value is -3.19. The standard InChI is InChI=1S/C28H30N4O2S/c1-17-4-9-24-26(25(17)18(2)29)22-10-15-35-16-23(22)27(30-24)20-5-7-21(8-6-20)28(34)32-13-11-31(12-14-32)19(3)33/h4-9,29H,10-16H2,1-3H3. The summed E-state index contributed by atoms with van der Waals surface area (Å²) in [6, 6.07) is 11.9. The molecule has 0 atom stereocenters. The summed E-state index contributed by atoms with van der Waals surface area (Å²) in [5, 5.41) is 9.52. The van der Waals surface area contributed by atoms with Crippen LogP contribution in [-0.2, 0) is 17.0 Å². The third-order valence-corrected chi connectivity index (χ3v) is 8.10. The maximum Gasteiger partial charge on any atom is 0.253 e. The van der Waals surface area contributed by atoms with Crippen molar-refractivity contribution in [2.75, 3.05) is 31.9 Å². The Morgan fingerprint density at radius 1 is 0.943 bits per heavy atom. The van der Waals surface area contributed by atoms with Crippen molar-refractivity contribution in [1.82, 2.24) is 14.8 Å². The van der Waals surface area contributed by atoms with Gasteiger partial charge in [-0.15, -0.1) is 0 Å². The topological polar surface area (TPSA) is 77.4 Å². The highest BCUT2D eigenvalue weighted by Gasteiger charge is 2.25. The first kappa shape index (κ1) is 23.5. The Balaban J connectivity index is 1.49. The molecule has 0 saturated carbocycles. The predicted octanol–water partition coefficient (Wildman–Crippen LogP) is 4.69. The summed E-state index contributed by atoms with van der Waals surface area (Å²) >= 11 is 1.92. The van der Waals surface area contributed by atoms with E-state index >= 15 is 0 Å². The number of amides is 2. The van der Waals surface area contributed by atoms with Crippen molar-refractivity contribution in [2.45, 2.75) is 32.9 Å². The van der Waals surface area contributed by atoms with E-state index in [1.807, 2.05) is 47.9 Å². The molecule has 35 heavy (non-hydrogen) atoms. The van der Waals surface area contributed by atoms with Gasteiger partial charge in [0.1, 0.15) is 0 Å². The Bertz CT molecular complexity index is 1340. The van der Waals surface area contributed by atoms with Crippen LogP contribution in [0.3, 0.4) is 0 Å². The minimum atomic E-state index is 0.00498. The molecule has 5 rings (SSSR count). The monoisotopic (exact) mass is 486 g/mol. The molecule has 0 bridgehead atoms. The van der Waals surface area contributed by atoms with Gasteiger partial charge in [-0.2, -0.15) is 11.8 Å². The summed E-state index contributed by atoms with van der Waals surface area (Å²) in [7, 11) is 0. The van der Waals surface area contributed by atoms with E-state index in [9.17, 15) is 9.59 Å². The molecule has 1 N–H and O–H groups in total. The second-order valence-electron chi connectivity index (χ2n) is 9.37. The fourth-order valence-electron chi connectivity index (χ4n) is 5.26. The van der Waals surface area contributed by atoms with Crippen LogP contribution in [0.1, 0.15) is 46.5 Å². The predicted molar refractivity (Wildman–Crippen MR) is 142 cm³/mol. The van der Waals surface area contributed by atoms with Crippen LogP contribution in [0.5, 0.6) is 0 Å². The van der Waals surface area contributed by atoms with Crippen LogP contribution in [0, 0.1) is 12.3 Å². The number of carbonyl (C=O) groups excluding carboxylic acids is 2. The second kappa shape index (κ2) is 9.46. The zero-order valence-corrected chi connectivity index (χ0v) is 21.3. The largest absolute Gasteiger partial charge is 0.339 e. The third-order valence-electron chi connectivity index (χ3n) is 7.11. The number of piperazine rings is 1. The highest BCUT2D eigenvalue weighted by atomic mass is 32.2. The zero-order valence-electron chi connectivity index (χ0n) is 20.5. The van der Waals surface area contributed by atoms with E-state index in [-0.39, 0.29) is 11.8 Å². The van der Waals surface area contributed by atoms with Crippen molar-refractivity contribution in [1.29, 1.82) is 5.41 Å². The summed E-state index contributed by atoms with van der Waals surface area (Å²) < 4.78 is 0. The van der Waals surface area contributed by atoms with Gasteiger partial charge in [0.15, 0.2) is 0 Å². The van der Waals surface area contributed by atoms with E-state index in [4.69, 9.17) is 10.4 Å². The van der Waals surface area contributed by atoms with Gasteiger partial charge in [-0.05, 0) is 60.9 Å². The zero-order chi connectivity index (χ0) is 24.7. The number of fused-ring (bicyclic) bond motifs is 3. The highest BCUT2D eigenvalue weighted by molar-refractivity contribution is 7.98. The maximum atomic E-state index is 13.0. The molecule has 0 radical (unpaired) electrons. The van der Waals surface area contributed by atoms with Gasteiger partial charge in [0, 0.05) is 66.6 Å². The molecular formula is C28H30N4O2S. The van der Waals surface area contributed by atoms with Crippen molar-refractivity contribution in [3.8, 4) is 11.3 Å². The lowest BCUT2D eigenvalue weighted by Gasteiger charge is -2.34. The molecule has 180 valence electrons. The molecule has 2 amide bonds. The minimum absolute atomic E-state index is 0.00498. The van der Waals surface area contributed by atoms with Crippen LogP contribution in [0.25, 0.3) is 22.2 Å². The average molecular weight is 487 g/mol. The summed E-state index contributed by atoms with van der Waals surface area (Å²) in [6.07, 6.45) is 0.971. The maximum absolute atomic E-state index is 13.0. The van der Waals surface area contributed by atoms with E-state index in [1.54, 1.807) is 11.8 Å². The number of benzene rings is 2. The molecular weight excluding hydrogens is 456 g/mol. The van der Waals surface area contributed by atoms with E-state index in [0.717, 1.165) is 51.2 Å². The molecule has 0 unspecified atom stereocenters. The molecule has 2 aliphatic heterocycles. The minimum Gasteiger partial charge on any atom is -0.339 e. The van der Waals surface area contributed by atoms with Crippen LogP contribution in [0.15, 0.2) is 36.4 Å². The average Bonchev–Trinajstić information content (AvgIpc) is 2.87. The Labute approximate surface area is 210 Å². The fraction of sp³-hybridized carbons (Fsp3) is 0.357. The van der Waals surface area contributed by atoms with Crippen molar-refractivity contribution in [2.24, 2.45) is 0 Å². The lowest BCUT2D eigenvalue weighted by molar-refractivity contribution is -0.130. The summed E-state index contributed by atoms with van der Waals surface area (Å²) in [4.78, 5) is 33.3. The van der Waals surface area contributed by atoms with Gasteiger partial charge in [-0.1, -0.05) is 18.2 Å². The first-order valence-electron chi connectivity index (χ1n) is 12.1. The smallest absolute Gasteiger partial charge is 0.253 e. The van der Waals surface area contributed by atoms with Gasteiger partial charge in [0.2, 0.25) is 5.91 Å². The lowest BCUT2D eigenvalue weighted by Crippen LogP contribution is -2.50. The van der Waals surface area contributed by atoms with Crippen LogP contribution >= 0.6 is 11.8 Å². The second-order valence-corrected chi connectivity index (χ2v) is 10.5. The quantitative estimate of drug-likeness (QED) is 0.545. The number of aryl methyl sites for hydroxylation is 2. The molecule has 1 aromatic heterocycles. The van der Waals surface area contributed by atoms with E-state index in [1.165, 1.54) is 11.1 Å². The number of carbonyl (C=O) groups is 2. The number of thioether (sulfide) groups is 1. The number of nitrogens with one attached hydrogen (secondary N) is 1. The normalized spacial score (nSPS) is 15.7. The Morgan fingerprint density at radius 3 is 2.29 bits per heavy atom. The molecule has 2 aromatic carbocycles. The van der Waals surface area contributed by atoms with Crippen molar-refractivity contribution < 1.29 is 9.59 Å². The van der Waals surface area contributed by atoms with E-state index in [2.05, 4.69) is 19.1 Å². The van der Waals surface area contributed by atoms with Crippen molar-refractivity contribution in [3.05, 3.63) is 64.2 Å². The molecule has 7 heteroatoms. The van der Waals surface area contributed by atoms with Crippen LogP contribution < -0.4 is 0 Å². The number of rotatable bonds is 3. The molecule has 1 saturated heterocycles. The summed E-state index contributed by atoms with van der Waals surface area (Å²) in [5.41, 5.74) is 8.85. The van der Waals surface area contributed by atoms with E-state index < -0.39 is 0 Å². The Kier molecular flexibility index (Phi) is 6.36. The summed E-state index contributed by atoms with van der Waals surface area (Å²) in [6.45, 7) is 7.79. The highest BCUT2D eigenvalue weighted by Crippen LogP contribution is 2.38.